The molecule has 1 atom stereocenters. The van der Waals surface area contributed by atoms with Crippen molar-refractivity contribution in [2.75, 3.05) is 0 Å². The van der Waals surface area contributed by atoms with E-state index in [2.05, 4.69) is 0 Å². The lowest BCUT2D eigenvalue weighted by atomic mass is 10.1. The van der Waals surface area contributed by atoms with E-state index in [-0.39, 0.29) is 17.8 Å². The maximum atomic E-state index is 11.9. The predicted octanol–water partition coefficient (Wildman–Crippen LogP) is 1.29. The lowest BCUT2D eigenvalue weighted by Crippen LogP contribution is -2.03. The molecule has 68 valence electrons. The fraction of sp³-hybridized carbons (Fsp3) is 0.625. The van der Waals surface area contributed by atoms with Gasteiger partial charge in [0.1, 0.15) is 0 Å². The molecule has 0 amide bonds. The Morgan fingerprint density at radius 3 is 2.58 bits per heavy atom. The van der Waals surface area contributed by atoms with E-state index in [1.54, 1.807) is 0 Å². The third kappa shape index (κ3) is 1.69. The minimum absolute atomic E-state index is 0.0338. The van der Waals surface area contributed by atoms with Gasteiger partial charge in [0.05, 0.1) is 6.10 Å². The molecule has 1 N–H and O–H groups in total. The van der Waals surface area contributed by atoms with E-state index in [1.807, 2.05) is 0 Å². The van der Waals surface area contributed by atoms with Crippen LogP contribution in [0.5, 0.6) is 0 Å². The van der Waals surface area contributed by atoms with Crippen molar-refractivity contribution in [1.29, 1.82) is 0 Å². The van der Waals surface area contributed by atoms with Crippen molar-refractivity contribution in [3.63, 3.8) is 0 Å². The molecule has 1 aliphatic rings. The zero-order valence-corrected chi connectivity index (χ0v) is 6.68. The highest BCUT2D eigenvalue weighted by molar-refractivity contribution is 5.99. The number of aliphatic hydroxyl groups is 1. The summed E-state index contributed by atoms with van der Waals surface area (Å²) in [6.45, 7) is 1.52. The Kier molecular flexibility index (Phi) is 2.57. The standard InChI is InChI=1S/C8H10F2O2/c1-4-5(2-8(9)10)7(12)3-6(4)11/h6,8,11H,2-3H2,1H3/t6-/m0/s1. The average Bonchev–Trinajstić information content (AvgIpc) is 2.16. The van der Waals surface area contributed by atoms with Crippen molar-refractivity contribution in [1.82, 2.24) is 0 Å². The van der Waals surface area contributed by atoms with Gasteiger partial charge < -0.3 is 5.11 Å². The second-order valence-corrected chi connectivity index (χ2v) is 2.90. The van der Waals surface area contributed by atoms with E-state index < -0.39 is 19.0 Å². The van der Waals surface area contributed by atoms with Crippen LogP contribution in [0.3, 0.4) is 0 Å². The second-order valence-electron chi connectivity index (χ2n) is 2.90. The number of carbonyl (C=O) groups excluding carboxylic acids is 1. The number of Topliss-reactive ketones (excluding diaryl/α,β-unsaturated/α-hetero) is 1. The van der Waals surface area contributed by atoms with Gasteiger partial charge in [0, 0.05) is 18.4 Å². The smallest absolute Gasteiger partial charge is 0.242 e. The number of halogens is 2. The minimum Gasteiger partial charge on any atom is -0.388 e. The number of hydrogen-bond donors (Lipinski definition) is 1. The number of hydrogen-bond acceptors (Lipinski definition) is 2. The van der Waals surface area contributed by atoms with Crippen LogP contribution >= 0.6 is 0 Å². The molecule has 1 aliphatic carbocycles. The highest BCUT2D eigenvalue weighted by atomic mass is 19.3. The summed E-state index contributed by atoms with van der Waals surface area (Å²) in [5.74, 6) is -0.347. The Hall–Kier alpha value is -0.770. The molecule has 0 unspecified atom stereocenters. The average molecular weight is 176 g/mol. The van der Waals surface area contributed by atoms with Crippen molar-refractivity contribution in [2.45, 2.75) is 32.3 Å². The van der Waals surface area contributed by atoms with Crippen LogP contribution in [0, 0.1) is 0 Å². The second kappa shape index (κ2) is 3.31. The fourth-order valence-electron chi connectivity index (χ4n) is 1.30. The first-order valence-electron chi connectivity index (χ1n) is 3.71. The molecular formula is C8H10F2O2. The van der Waals surface area contributed by atoms with Gasteiger partial charge in [-0.3, -0.25) is 4.79 Å². The van der Waals surface area contributed by atoms with Crippen LogP contribution in [-0.4, -0.2) is 23.4 Å². The molecule has 0 spiro atoms. The molecule has 0 aromatic carbocycles. The molecule has 0 saturated carbocycles. The SMILES string of the molecule is CC1=C(CC(F)F)C(=O)C[C@@H]1O. The largest absolute Gasteiger partial charge is 0.388 e. The van der Waals surface area contributed by atoms with E-state index >= 15 is 0 Å². The minimum atomic E-state index is -2.51. The van der Waals surface area contributed by atoms with Crippen LogP contribution in [-0.2, 0) is 4.79 Å². The third-order valence-corrected chi connectivity index (χ3v) is 2.05. The first kappa shape index (κ1) is 9.32. The summed E-state index contributed by atoms with van der Waals surface area (Å²) in [5, 5.41) is 9.13. The molecule has 2 nitrogen and oxygen atoms in total. The first-order valence-corrected chi connectivity index (χ1v) is 3.71. The van der Waals surface area contributed by atoms with Crippen LogP contribution in [0.2, 0.25) is 0 Å². The molecule has 0 fully saturated rings. The Morgan fingerprint density at radius 1 is 1.67 bits per heavy atom. The van der Waals surface area contributed by atoms with Gasteiger partial charge in [0.15, 0.2) is 5.78 Å². The molecule has 1 rings (SSSR count). The van der Waals surface area contributed by atoms with Crippen molar-refractivity contribution in [3.8, 4) is 0 Å². The summed E-state index contributed by atoms with van der Waals surface area (Å²) in [6.07, 6.45) is -3.91. The van der Waals surface area contributed by atoms with Crippen LogP contribution < -0.4 is 0 Å². The van der Waals surface area contributed by atoms with E-state index in [0.717, 1.165) is 0 Å². The molecule has 0 aromatic rings. The van der Waals surface area contributed by atoms with Gasteiger partial charge in [0.25, 0.3) is 0 Å². The normalized spacial score (nSPS) is 24.4. The van der Waals surface area contributed by atoms with Gasteiger partial charge >= 0.3 is 0 Å². The first-order chi connectivity index (χ1) is 5.52. The summed E-state index contributed by atoms with van der Waals surface area (Å²) in [4.78, 5) is 11.0. The lowest BCUT2D eigenvalue weighted by molar-refractivity contribution is -0.116. The van der Waals surface area contributed by atoms with Crippen molar-refractivity contribution < 1.29 is 18.7 Å². The van der Waals surface area contributed by atoms with Gasteiger partial charge in [-0.1, -0.05) is 0 Å². The van der Waals surface area contributed by atoms with Crippen LogP contribution in [0.1, 0.15) is 19.8 Å². The maximum absolute atomic E-state index is 11.9. The highest BCUT2D eigenvalue weighted by Crippen LogP contribution is 2.27. The number of rotatable bonds is 2. The van der Waals surface area contributed by atoms with Crippen molar-refractivity contribution >= 4 is 5.78 Å². The molecule has 0 radical (unpaired) electrons. The molecule has 4 heteroatoms. The number of carbonyl (C=O) groups is 1. The van der Waals surface area contributed by atoms with Crippen LogP contribution in [0.15, 0.2) is 11.1 Å². The highest BCUT2D eigenvalue weighted by Gasteiger charge is 2.29. The molecule has 0 aromatic heterocycles. The maximum Gasteiger partial charge on any atom is 0.242 e. The summed E-state index contributed by atoms with van der Waals surface area (Å²) in [5.41, 5.74) is 0.512. The van der Waals surface area contributed by atoms with Gasteiger partial charge in [-0.2, -0.15) is 0 Å². The van der Waals surface area contributed by atoms with Gasteiger partial charge in [0.2, 0.25) is 6.43 Å². The molecule has 0 aliphatic heterocycles. The van der Waals surface area contributed by atoms with Crippen molar-refractivity contribution in [3.05, 3.63) is 11.1 Å². The van der Waals surface area contributed by atoms with Crippen LogP contribution in [0.25, 0.3) is 0 Å². The van der Waals surface area contributed by atoms with Gasteiger partial charge in [-0.15, -0.1) is 0 Å². The third-order valence-electron chi connectivity index (χ3n) is 2.05. The summed E-state index contributed by atoms with van der Waals surface area (Å²) in [7, 11) is 0. The number of alkyl halides is 2. The number of allylic oxidation sites excluding steroid dienone is 1. The number of ketones is 1. The zero-order valence-electron chi connectivity index (χ0n) is 6.68. The van der Waals surface area contributed by atoms with E-state index in [0.29, 0.717) is 5.57 Å². The molecule has 0 heterocycles. The molecular weight excluding hydrogens is 166 g/mol. The molecule has 12 heavy (non-hydrogen) atoms. The Labute approximate surface area is 68.9 Å². The zero-order chi connectivity index (χ0) is 9.30. The van der Waals surface area contributed by atoms with Gasteiger partial charge in [-0.25, -0.2) is 8.78 Å². The topological polar surface area (TPSA) is 37.3 Å². The summed E-state index contributed by atoms with van der Waals surface area (Å²) < 4.78 is 23.8. The van der Waals surface area contributed by atoms with E-state index in [4.69, 9.17) is 5.11 Å². The van der Waals surface area contributed by atoms with Crippen molar-refractivity contribution in [2.24, 2.45) is 0 Å². The van der Waals surface area contributed by atoms with Gasteiger partial charge in [-0.05, 0) is 12.5 Å². The Balaban J connectivity index is 2.78. The quantitative estimate of drug-likeness (QED) is 0.688. The molecule has 0 saturated heterocycles. The van der Waals surface area contributed by atoms with Crippen LogP contribution in [0.4, 0.5) is 8.78 Å². The Morgan fingerprint density at radius 2 is 2.25 bits per heavy atom. The Bertz CT molecular complexity index is 233. The lowest BCUT2D eigenvalue weighted by Gasteiger charge is -2.01. The summed E-state index contributed by atoms with van der Waals surface area (Å²) >= 11 is 0. The number of aliphatic hydroxyl groups excluding tert-OH is 1. The summed E-state index contributed by atoms with van der Waals surface area (Å²) in [6, 6.07) is 0. The molecule has 0 bridgehead atoms. The fourth-order valence-corrected chi connectivity index (χ4v) is 1.30. The monoisotopic (exact) mass is 176 g/mol. The van der Waals surface area contributed by atoms with E-state index in [9.17, 15) is 13.6 Å². The van der Waals surface area contributed by atoms with E-state index in [1.165, 1.54) is 6.92 Å². The predicted molar refractivity (Wildman–Crippen MR) is 39.0 cm³/mol.